The number of carbonyl (C=O) groups excluding carboxylic acids is 1. The molecule has 144 valence electrons. The smallest absolute Gasteiger partial charge is 0.335 e. The molecular formula is C23H22ClNO3. The monoisotopic (exact) mass is 395 g/mol. The molecule has 0 aliphatic rings. The van der Waals surface area contributed by atoms with E-state index in [1.165, 1.54) is 0 Å². The number of hydrogen-bond acceptors (Lipinski definition) is 2. The van der Waals surface area contributed by atoms with Crippen LogP contribution in [0.1, 0.15) is 52.7 Å². The lowest BCUT2D eigenvalue weighted by atomic mass is 9.97. The molecule has 0 aliphatic carbocycles. The number of carboxylic acid groups (broad SMARTS) is 1. The lowest BCUT2D eigenvalue weighted by molar-refractivity contribution is 0.0696. The van der Waals surface area contributed by atoms with E-state index < -0.39 is 5.97 Å². The van der Waals surface area contributed by atoms with E-state index in [4.69, 9.17) is 11.6 Å². The van der Waals surface area contributed by atoms with Crippen molar-refractivity contribution in [1.29, 1.82) is 0 Å². The Kier molecular flexibility index (Phi) is 5.71. The quantitative estimate of drug-likeness (QED) is 0.527. The number of rotatable bonds is 6. The second-order valence-electron chi connectivity index (χ2n) is 6.99. The molecule has 3 aromatic rings. The largest absolute Gasteiger partial charge is 0.478 e. The molecule has 2 aromatic carbocycles. The second-order valence-corrected chi connectivity index (χ2v) is 7.40. The van der Waals surface area contributed by atoms with Gasteiger partial charge in [-0.15, -0.1) is 0 Å². The summed E-state index contributed by atoms with van der Waals surface area (Å²) in [6.45, 7) is 6.06. The summed E-state index contributed by atoms with van der Waals surface area (Å²) in [6, 6.07) is 12.4. The van der Waals surface area contributed by atoms with Gasteiger partial charge in [0.15, 0.2) is 5.78 Å². The van der Waals surface area contributed by atoms with Gasteiger partial charge in [0.25, 0.3) is 0 Å². The molecule has 1 aromatic heterocycles. The van der Waals surface area contributed by atoms with Gasteiger partial charge in [-0.25, -0.2) is 4.79 Å². The summed E-state index contributed by atoms with van der Waals surface area (Å²) in [5.41, 5.74) is 3.17. The molecule has 0 amide bonds. The molecule has 3 rings (SSSR count). The Balaban J connectivity index is 2.36. The predicted molar refractivity (Wildman–Crippen MR) is 113 cm³/mol. The first-order valence-electron chi connectivity index (χ1n) is 9.15. The van der Waals surface area contributed by atoms with Gasteiger partial charge in [-0.05, 0) is 36.8 Å². The minimum absolute atomic E-state index is 0.0269. The predicted octanol–water partition coefficient (Wildman–Crippen LogP) is 5.91. The third-order valence-electron chi connectivity index (χ3n) is 4.73. The highest BCUT2D eigenvalue weighted by Gasteiger charge is 2.24. The summed E-state index contributed by atoms with van der Waals surface area (Å²) in [6.07, 6.45) is 3.78. The summed E-state index contributed by atoms with van der Waals surface area (Å²) >= 11 is 6.36. The fourth-order valence-corrected chi connectivity index (χ4v) is 3.54. The van der Waals surface area contributed by atoms with Crippen LogP contribution in [0.2, 0.25) is 5.02 Å². The molecule has 0 saturated carbocycles. The average Bonchev–Trinajstić information content (AvgIpc) is 2.95. The van der Waals surface area contributed by atoms with Crippen molar-refractivity contribution in [2.45, 2.75) is 27.3 Å². The summed E-state index contributed by atoms with van der Waals surface area (Å²) in [5, 5.41) is 10.8. The molecule has 4 nitrogen and oxygen atoms in total. The van der Waals surface area contributed by atoms with E-state index in [1.807, 2.05) is 61.8 Å². The first-order chi connectivity index (χ1) is 13.3. The van der Waals surface area contributed by atoms with Crippen LogP contribution in [0.25, 0.3) is 17.0 Å². The van der Waals surface area contributed by atoms with Gasteiger partial charge >= 0.3 is 5.97 Å². The van der Waals surface area contributed by atoms with E-state index in [-0.39, 0.29) is 17.3 Å². The van der Waals surface area contributed by atoms with Crippen LogP contribution in [0.3, 0.4) is 0 Å². The molecule has 0 radical (unpaired) electrons. The zero-order chi connectivity index (χ0) is 20.4. The summed E-state index contributed by atoms with van der Waals surface area (Å²) in [7, 11) is 0. The molecule has 0 fully saturated rings. The normalized spacial score (nSPS) is 11.6. The van der Waals surface area contributed by atoms with E-state index in [0.29, 0.717) is 22.6 Å². The number of carbonyl (C=O) groups is 2. The molecule has 0 spiro atoms. The molecule has 28 heavy (non-hydrogen) atoms. The number of halogens is 1. The van der Waals surface area contributed by atoms with Gasteiger partial charge < -0.3 is 9.67 Å². The minimum Gasteiger partial charge on any atom is -0.478 e. The van der Waals surface area contributed by atoms with Crippen molar-refractivity contribution in [2.24, 2.45) is 5.92 Å². The van der Waals surface area contributed by atoms with Crippen molar-refractivity contribution in [3.63, 3.8) is 0 Å². The van der Waals surface area contributed by atoms with Crippen molar-refractivity contribution in [2.75, 3.05) is 0 Å². The Labute approximate surface area is 169 Å². The number of ketones is 1. The van der Waals surface area contributed by atoms with Gasteiger partial charge in [0.2, 0.25) is 0 Å². The number of benzene rings is 2. The molecule has 0 aliphatic heterocycles. The van der Waals surface area contributed by atoms with Crippen LogP contribution in [-0.2, 0) is 6.54 Å². The van der Waals surface area contributed by atoms with E-state index >= 15 is 0 Å². The van der Waals surface area contributed by atoms with Crippen LogP contribution in [-0.4, -0.2) is 21.4 Å². The summed E-state index contributed by atoms with van der Waals surface area (Å²) in [4.78, 5) is 24.5. The number of nitrogens with zero attached hydrogens (tertiary/aromatic N) is 1. The highest BCUT2D eigenvalue weighted by Crippen LogP contribution is 2.32. The number of allylic oxidation sites excluding steroid dienone is 1. The second kappa shape index (κ2) is 8.03. The van der Waals surface area contributed by atoms with Gasteiger partial charge in [0.05, 0.1) is 22.3 Å². The Hall–Kier alpha value is -2.85. The van der Waals surface area contributed by atoms with Gasteiger partial charge in [0, 0.05) is 22.9 Å². The highest BCUT2D eigenvalue weighted by molar-refractivity contribution is 6.31. The SMILES string of the molecule is C/C=C\c1c(C(=O)C(C)C)c2ccc(C(=O)O)cc2n1Cc1ccccc1Cl. The van der Waals surface area contributed by atoms with Crippen LogP contribution in [0.5, 0.6) is 0 Å². The summed E-state index contributed by atoms with van der Waals surface area (Å²) in [5.74, 6) is -1.15. The maximum absolute atomic E-state index is 13.0. The Morgan fingerprint density at radius 1 is 1.18 bits per heavy atom. The topological polar surface area (TPSA) is 59.3 Å². The van der Waals surface area contributed by atoms with Crippen LogP contribution in [0.15, 0.2) is 48.5 Å². The fraction of sp³-hybridized carbons (Fsp3) is 0.217. The third kappa shape index (κ3) is 3.60. The molecule has 0 unspecified atom stereocenters. The number of aromatic nitrogens is 1. The van der Waals surface area contributed by atoms with Crippen LogP contribution in [0, 0.1) is 5.92 Å². The Morgan fingerprint density at radius 2 is 1.89 bits per heavy atom. The van der Waals surface area contributed by atoms with Crippen molar-refractivity contribution < 1.29 is 14.7 Å². The zero-order valence-corrected chi connectivity index (χ0v) is 16.8. The number of Topliss-reactive ketones (excluding diaryl/α,β-unsaturated/α-hetero) is 1. The van der Waals surface area contributed by atoms with Crippen molar-refractivity contribution >= 4 is 40.3 Å². The van der Waals surface area contributed by atoms with Crippen LogP contribution >= 0.6 is 11.6 Å². The Bertz CT molecular complexity index is 1090. The first-order valence-corrected chi connectivity index (χ1v) is 9.52. The maximum Gasteiger partial charge on any atom is 0.335 e. The lowest BCUT2D eigenvalue weighted by Gasteiger charge is -2.12. The Morgan fingerprint density at radius 3 is 2.50 bits per heavy atom. The molecular weight excluding hydrogens is 374 g/mol. The zero-order valence-electron chi connectivity index (χ0n) is 16.1. The van der Waals surface area contributed by atoms with Crippen molar-refractivity contribution in [1.82, 2.24) is 4.57 Å². The minimum atomic E-state index is -1.00. The van der Waals surface area contributed by atoms with Gasteiger partial charge in [0.1, 0.15) is 0 Å². The van der Waals surface area contributed by atoms with Gasteiger partial charge in [-0.2, -0.15) is 0 Å². The van der Waals surface area contributed by atoms with Gasteiger partial charge in [-0.3, -0.25) is 4.79 Å². The molecule has 0 atom stereocenters. The van der Waals surface area contributed by atoms with Gasteiger partial charge in [-0.1, -0.05) is 55.8 Å². The fourth-order valence-electron chi connectivity index (χ4n) is 3.35. The standard InChI is InChI=1S/C23H22ClNO3/c1-4-7-19-21(22(26)14(2)3)17-11-10-15(23(27)28)12-20(17)25(19)13-16-8-5-6-9-18(16)24/h4-12,14H,13H2,1-3H3,(H,27,28)/b7-4-. The molecule has 0 bridgehead atoms. The molecule has 5 heteroatoms. The number of carboxylic acids is 1. The molecule has 0 saturated heterocycles. The summed E-state index contributed by atoms with van der Waals surface area (Å²) < 4.78 is 1.97. The average molecular weight is 396 g/mol. The van der Waals surface area contributed by atoms with Crippen LogP contribution in [0.4, 0.5) is 0 Å². The van der Waals surface area contributed by atoms with E-state index in [9.17, 15) is 14.7 Å². The first kappa shape index (κ1) is 19.9. The highest BCUT2D eigenvalue weighted by atomic mass is 35.5. The molecule has 1 heterocycles. The van der Waals surface area contributed by atoms with E-state index in [1.54, 1.807) is 18.2 Å². The maximum atomic E-state index is 13.0. The lowest BCUT2D eigenvalue weighted by Crippen LogP contribution is -2.10. The number of hydrogen-bond donors (Lipinski definition) is 1. The van der Waals surface area contributed by atoms with Crippen LogP contribution < -0.4 is 0 Å². The van der Waals surface area contributed by atoms with Crippen molar-refractivity contribution in [3.8, 4) is 0 Å². The number of fused-ring (bicyclic) bond motifs is 1. The van der Waals surface area contributed by atoms with Crippen molar-refractivity contribution in [3.05, 3.63) is 75.9 Å². The third-order valence-corrected chi connectivity index (χ3v) is 5.10. The van der Waals surface area contributed by atoms with E-state index in [2.05, 4.69) is 0 Å². The molecule has 1 N–H and O–H groups in total. The number of aromatic carboxylic acids is 1. The van der Waals surface area contributed by atoms with E-state index in [0.717, 1.165) is 16.6 Å².